The van der Waals surface area contributed by atoms with Crippen LogP contribution in [0.1, 0.15) is 28.4 Å². The van der Waals surface area contributed by atoms with Crippen LogP contribution in [0.25, 0.3) is 0 Å². The molecule has 1 N–H and O–H groups in total. The van der Waals surface area contributed by atoms with Crippen molar-refractivity contribution >= 4 is 17.3 Å². The third-order valence-corrected chi connectivity index (χ3v) is 4.15. The Morgan fingerprint density at radius 2 is 1.76 bits per heavy atom. The van der Waals surface area contributed by atoms with Crippen LogP contribution in [-0.2, 0) is 4.79 Å². The summed E-state index contributed by atoms with van der Waals surface area (Å²) in [6.45, 7) is 5.49. The Kier molecular flexibility index (Phi) is 4.57. The molecule has 1 aliphatic rings. The molecular formula is C20H19NO4. The average Bonchev–Trinajstić information content (AvgIpc) is 3.04. The van der Waals surface area contributed by atoms with Crippen molar-refractivity contribution in [2.24, 2.45) is 0 Å². The summed E-state index contributed by atoms with van der Waals surface area (Å²) in [6.07, 6.45) is 1.44. The highest BCUT2D eigenvalue weighted by molar-refractivity contribution is 6.25. The molecule has 1 aliphatic heterocycles. The number of fused-ring (bicyclic) bond motifs is 1. The van der Waals surface area contributed by atoms with Crippen LogP contribution in [0.3, 0.4) is 0 Å². The third kappa shape index (κ3) is 3.55. The summed E-state index contributed by atoms with van der Waals surface area (Å²) < 4.78 is 10.6. The zero-order chi connectivity index (χ0) is 18.0. The van der Waals surface area contributed by atoms with Crippen molar-refractivity contribution in [3.63, 3.8) is 0 Å². The van der Waals surface area contributed by atoms with Gasteiger partial charge >= 0.3 is 0 Å². The molecule has 0 fully saturated rings. The van der Waals surface area contributed by atoms with E-state index in [0.717, 1.165) is 11.1 Å². The summed E-state index contributed by atoms with van der Waals surface area (Å²) in [7, 11) is 0. The lowest BCUT2D eigenvalue weighted by Gasteiger charge is -2.08. The zero-order valence-electron chi connectivity index (χ0n) is 14.4. The Balaban J connectivity index is 1.85. The highest BCUT2D eigenvalue weighted by Crippen LogP contribution is 2.34. The molecular weight excluding hydrogens is 318 g/mol. The molecule has 0 saturated heterocycles. The van der Waals surface area contributed by atoms with Gasteiger partial charge in [0, 0.05) is 23.5 Å². The van der Waals surface area contributed by atoms with Gasteiger partial charge in [0.2, 0.25) is 6.79 Å². The number of benzene rings is 2. The molecule has 3 rings (SSSR count). The molecule has 0 radical (unpaired) electrons. The van der Waals surface area contributed by atoms with Crippen LogP contribution < -0.4 is 14.8 Å². The maximum atomic E-state index is 12.7. The van der Waals surface area contributed by atoms with Gasteiger partial charge in [-0.15, -0.1) is 0 Å². The lowest BCUT2D eigenvalue weighted by atomic mass is 9.98. The summed E-state index contributed by atoms with van der Waals surface area (Å²) in [5, 5.41) is 2.99. The monoisotopic (exact) mass is 337 g/mol. The number of ether oxygens (including phenoxy) is 2. The fourth-order valence-electron chi connectivity index (χ4n) is 2.51. The summed E-state index contributed by atoms with van der Waals surface area (Å²) >= 11 is 0. The fraction of sp³-hybridized carbons (Fsp3) is 0.200. The quantitative estimate of drug-likeness (QED) is 0.389. The van der Waals surface area contributed by atoms with Crippen molar-refractivity contribution < 1.29 is 19.1 Å². The molecule has 128 valence electrons. The van der Waals surface area contributed by atoms with Crippen molar-refractivity contribution in [3.8, 4) is 11.5 Å². The Labute approximate surface area is 146 Å². The molecule has 0 spiro atoms. The molecule has 25 heavy (non-hydrogen) atoms. The fourth-order valence-corrected chi connectivity index (χ4v) is 2.51. The van der Waals surface area contributed by atoms with E-state index in [-0.39, 0.29) is 23.9 Å². The molecule has 0 bridgehead atoms. The first-order valence-corrected chi connectivity index (χ1v) is 7.95. The van der Waals surface area contributed by atoms with Crippen LogP contribution in [0.4, 0.5) is 5.69 Å². The number of nitrogens with one attached hydrogen (secondary N) is 1. The van der Waals surface area contributed by atoms with Gasteiger partial charge < -0.3 is 14.8 Å². The van der Waals surface area contributed by atoms with Gasteiger partial charge in [-0.3, -0.25) is 9.59 Å². The number of carbonyl (C=O) groups is 2. The molecule has 0 aliphatic carbocycles. The maximum Gasteiger partial charge on any atom is 0.231 e. The highest BCUT2D eigenvalue weighted by Gasteiger charge is 2.18. The van der Waals surface area contributed by atoms with E-state index in [1.165, 1.54) is 13.1 Å². The molecule has 0 saturated carbocycles. The Hall–Kier alpha value is -3.08. The largest absolute Gasteiger partial charge is 0.454 e. The molecule has 2 aromatic rings. The highest BCUT2D eigenvalue weighted by atomic mass is 16.7. The average molecular weight is 337 g/mol. The minimum atomic E-state index is -0.302. The molecule has 0 unspecified atom stereocenters. The number of rotatable bonds is 5. The number of anilines is 1. The van der Waals surface area contributed by atoms with Crippen LogP contribution in [0.5, 0.6) is 11.5 Å². The second kappa shape index (κ2) is 6.81. The molecule has 1 heterocycles. The van der Waals surface area contributed by atoms with E-state index in [4.69, 9.17) is 9.47 Å². The molecule has 0 aromatic heterocycles. The maximum absolute atomic E-state index is 12.7. The number of carbonyl (C=O) groups excluding carboxylic acids is 2. The van der Waals surface area contributed by atoms with E-state index in [2.05, 4.69) is 5.32 Å². The van der Waals surface area contributed by atoms with E-state index < -0.39 is 0 Å². The molecule has 0 amide bonds. The first-order chi connectivity index (χ1) is 12.0. The van der Waals surface area contributed by atoms with Gasteiger partial charge in [0.05, 0.1) is 5.57 Å². The minimum Gasteiger partial charge on any atom is -0.454 e. The van der Waals surface area contributed by atoms with E-state index in [1.54, 1.807) is 30.3 Å². The van der Waals surface area contributed by atoms with E-state index in [9.17, 15) is 9.59 Å². The van der Waals surface area contributed by atoms with Crippen LogP contribution in [0.2, 0.25) is 0 Å². The van der Waals surface area contributed by atoms with Gasteiger partial charge in [-0.05, 0) is 50.1 Å². The van der Waals surface area contributed by atoms with Gasteiger partial charge in [-0.25, -0.2) is 0 Å². The molecule has 5 nitrogen and oxygen atoms in total. The van der Waals surface area contributed by atoms with E-state index in [0.29, 0.717) is 22.7 Å². The topological polar surface area (TPSA) is 64.6 Å². The summed E-state index contributed by atoms with van der Waals surface area (Å²) in [6, 6.07) is 10.7. The Morgan fingerprint density at radius 3 is 2.48 bits per heavy atom. The molecule has 0 atom stereocenters. The second-order valence-electron chi connectivity index (χ2n) is 5.95. The number of Topliss-reactive ketones (excluding diaryl/α,β-unsaturated/α-hetero) is 2. The first kappa shape index (κ1) is 16.8. The number of hydrogen-bond acceptors (Lipinski definition) is 5. The van der Waals surface area contributed by atoms with Gasteiger partial charge in [0.25, 0.3) is 0 Å². The predicted molar refractivity (Wildman–Crippen MR) is 95.2 cm³/mol. The zero-order valence-corrected chi connectivity index (χ0v) is 14.4. The number of hydrogen-bond donors (Lipinski definition) is 1. The first-order valence-electron chi connectivity index (χ1n) is 7.95. The lowest BCUT2D eigenvalue weighted by molar-refractivity contribution is -0.113. The van der Waals surface area contributed by atoms with Crippen LogP contribution >= 0.6 is 0 Å². The minimum absolute atomic E-state index is 0.0981. The normalized spacial score (nSPS) is 12.8. The van der Waals surface area contributed by atoms with Gasteiger partial charge in [0.15, 0.2) is 23.1 Å². The van der Waals surface area contributed by atoms with Crippen molar-refractivity contribution in [1.29, 1.82) is 0 Å². The van der Waals surface area contributed by atoms with Crippen molar-refractivity contribution in [2.75, 3.05) is 12.1 Å². The van der Waals surface area contributed by atoms with Crippen molar-refractivity contribution in [3.05, 3.63) is 64.9 Å². The lowest BCUT2D eigenvalue weighted by Crippen LogP contribution is -2.12. The van der Waals surface area contributed by atoms with E-state index in [1.807, 2.05) is 19.9 Å². The summed E-state index contributed by atoms with van der Waals surface area (Å²) in [5.41, 5.74) is 3.41. The van der Waals surface area contributed by atoms with Crippen LogP contribution in [0.15, 0.2) is 48.2 Å². The Morgan fingerprint density at radius 1 is 1.00 bits per heavy atom. The van der Waals surface area contributed by atoms with Crippen molar-refractivity contribution in [1.82, 2.24) is 0 Å². The second-order valence-corrected chi connectivity index (χ2v) is 5.95. The van der Waals surface area contributed by atoms with Gasteiger partial charge in [-0.2, -0.15) is 0 Å². The van der Waals surface area contributed by atoms with Crippen LogP contribution in [0, 0.1) is 13.8 Å². The summed E-state index contributed by atoms with van der Waals surface area (Å²) in [5.74, 6) is 0.705. The number of allylic oxidation sites excluding steroid dienone is 1. The molecule has 5 heteroatoms. The van der Waals surface area contributed by atoms with Crippen LogP contribution in [-0.4, -0.2) is 18.4 Å². The number of ketones is 2. The smallest absolute Gasteiger partial charge is 0.231 e. The van der Waals surface area contributed by atoms with Crippen molar-refractivity contribution in [2.45, 2.75) is 20.8 Å². The summed E-state index contributed by atoms with van der Waals surface area (Å²) in [4.78, 5) is 24.6. The molecule has 2 aromatic carbocycles. The third-order valence-electron chi connectivity index (χ3n) is 4.15. The van der Waals surface area contributed by atoms with E-state index >= 15 is 0 Å². The van der Waals surface area contributed by atoms with Gasteiger partial charge in [-0.1, -0.05) is 12.1 Å². The SMILES string of the molecule is CC(=O)/C(=C\Nc1ccc2c(c1)OCO2)C(=O)c1ccc(C)c(C)c1. The predicted octanol–water partition coefficient (Wildman–Crippen LogP) is 3.80. The number of aryl methyl sites for hydroxylation is 2. The van der Waals surface area contributed by atoms with Gasteiger partial charge in [0.1, 0.15) is 0 Å². The Bertz CT molecular complexity index is 883. The standard InChI is InChI=1S/C20H19NO4/c1-12-4-5-15(8-13(12)2)20(23)17(14(3)22)10-21-16-6-7-18-19(9-16)25-11-24-18/h4-10,21H,11H2,1-3H3/b17-10+.